The van der Waals surface area contributed by atoms with Crippen molar-refractivity contribution >= 4 is 38.4 Å². The van der Waals surface area contributed by atoms with E-state index in [1.807, 2.05) is 13.0 Å². The van der Waals surface area contributed by atoms with Crippen LogP contribution in [-0.2, 0) is 0 Å². The second-order valence-electron chi connectivity index (χ2n) is 3.11. The van der Waals surface area contributed by atoms with Crippen LogP contribution in [0.15, 0.2) is 27.6 Å². The van der Waals surface area contributed by atoms with E-state index in [4.69, 9.17) is 11.6 Å². The van der Waals surface area contributed by atoms with Crippen LogP contribution < -0.4 is 5.43 Å². The number of halogens is 2. The van der Waals surface area contributed by atoms with E-state index in [-0.39, 0.29) is 10.5 Å². The summed E-state index contributed by atoms with van der Waals surface area (Å²) in [7, 11) is 0. The van der Waals surface area contributed by atoms with Gasteiger partial charge in [0.15, 0.2) is 0 Å². The number of hydrogen-bond acceptors (Lipinski definition) is 1. The van der Waals surface area contributed by atoms with Crippen molar-refractivity contribution in [3.05, 3.63) is 43.6 Å². The van der Waals surface area contributed by atoms with Crippen LogP contribution in [0.25, 0.3) is 10.9 Å². The first-order valence-electron chi connectivity index (χ1n) is 4.06. The van der Waals surface area contributed by atoms with Crippen LogP contribution in [0.1, 0.15) is 5.56 Å². The molecule has 0 fully saturated rings. The molecular weight excluding hydrogens is 265 g/mol. The highest BCUT2D eigenvalue weighted by Crippen LogP contribution is 2.20. The van der Waals surface area contributed by atoms with Gasteiger partial charge in [-0.15, -0.1) is 0 Å². The predicted octanol–water partition coefficient (Wildman–Crippen LogP) is 3.25. The van der Waals surface area contributed by atoms with Crippen LogP contribution in [0, 0.1) is 6.92 Å². The minimum atomic E-state index is -0.134. The van der Waals surface area contributed by atoms with Crippen LogP contribution in [0.4, 0.5) is 0 Å². The zero-order valence-corrected chi connectivity index (χ0v) is 9.74. The lowest BCUT2D eigenvalue weighted by atomic mass is 10.1. The number of aromatic nitrogens is 1. The molecule has 0 unspecified atom stereocenters. The van der Waals surface area contributed by atoms with E-state index < -0.39 is 0 Å². The second-order valence-corrected chi connectivity index (χ2v) is 4.43. The van der Waals surface area contributed by atoms with Gasteiger partial charge in [0.1, 0.15) is 5.02 Å². The molecule has 1 aromatic carbocycles. The number of benzene rings is 1. The van der Waals surface area contributed by atoms with E-state index >= 15 is 0 Å². The zero-order chi connectivity index (χ0) is 10.3. The first kappa shape index (κ1) is 9.74. The van der Waals surface area contributed by atoms with Gasteiger partial charge < -0.3 is 4.98 Å². The van der Waals surface area contributed by atoms with Crippen LogP contribution in [-0.4, -0.2) is 4.98 Å². The fourth-order valence-electron chi connectivity index (χ4n) is 1.44. The first-order chi connectivity index (χ1) is 6.59. The minimum Gasteiger partial charge on any atom is -0.359 e. The molecular formula is C10H7BrClNO. The Labute approximate surface area is 94.0 Å². The van der Waals surface area contributed by atoms with Crippen molar-refractivity contribution in [3.63, 3.8) is 0 Å². The molecule has 72 valence electrons. The molecule has 0 saturated heterocycles. The summed E-state index contributed by atoms with van der Waals surface area (Å²) in [5.41, 5.74) is 1.72. The van der Waals surface area contributed by atoms with E-state index in [2.05, 4.69) is 20.9 Å². The summed E-state index contributed by atoms with van der Waals surface area (Å²) in [5.74, 6) is 0. The second kappa shape index (κ2) is 3.41. The maximum Gasteiger partial charge on any atom is 0.207 e. The van der Waals surface area contributed by atoms with Gasteiger partial charge >= 0.3 is 0 Å². The van der Waals surface area contributed by atoms with Crippen molar-refractivity contribution in [2.75, 3.05) is 0 Å². The maximum atomic E-state index is 11.7. The largest absolute Gasteiger partial charge is 0.359 e. The topological polar surface area (TPSA) is 32.9 Å². The van der Waals surface area contributed by atoms with Gasteiger partial charge in [-0.3, -0.25) is 4.79 Å². The van der Waals surface area contributed by atoms with Crippen molar-refractivity contribution in [1.29, 1.82) is 0 Å². The summed E-state index contributed by atoms with van der Waals surface area (Å²) in [5, 5.41) is 0.833. The Bertz CT molecular complexity index is 562. The SMILES string of the molecule is Cc1cc(Br)cc2c(=O)c(Cl)c[nH]c12. The predicted molar refractivity (Wildman–Crippen MR) is 62.0 cm³/mol. The Balaban J connectivity index is 3.03. The highest BCUT2D eigenvalue weighted by molar-refractivity contribution is 9.10. The van der Waals surface area contributed by atoms with Crippen molar-refractivity contribution in [1.82, 2.24) is 4.98 Å². The zero-order valence-electron chi connectivity index (χ0n) is 7.40. The normalized spacial score (nSPS) is 10.8. The van der Waals surface area contributed by atoms with Gasteiger partial charge in [-0.05, 0) is 24.6 Å². The smallest absolute Gasteiger partial charge is 0.207 e. The standard InChI is InChI=1S/C10H7BrClNO/c1-5-2-6(11)3-7-9(5)13-4-8(12)10(7)14/h2-4H,1H3,(H,13,14). The Morgan fingerprint density at radius 3 is 2.86 bits per heavy atom. The van der Waals surface area contributed by atoms with Crippen LogP contribution >= 0.6 is 27.5 Å². The van der Waals surface area contributed by atoms with Gasteiger partial charge in [0.25, 0.3) is 0 Å². The Hall–Kier alpha value is -0.800. The van der Waals surface area contributed by atoms with Gasteiger partial charge in [-0.2, -0.15) is 0 Å². The highest BCUT2D eigenvalue weighted by Gasteiger charge is 2.05. The van der Waals surface area contributed by atoms with Crippen molar-refractivity contribution in [2.24, 2.45) is 0 Å². The third-order valence-corrected chi connectivity index (χ3v) is 2.84. The quantitative estimate of drug-likeness (QED) is 0.784. The fourth-order valence-corrected chi connectivity index (χ4v) is 2.17. The van der Waals surface area contributed by atoms with Gasteiger partial charge in [-0.1, -0.05) is 27.5 Å². The van der Waals surface area contributed by atoms with Gasteiger partial charge in [0.05, 0.1) is 5.52 Å². The molecule has 0 aliphatic carbocycles. The van der Waals surface area contributed by atoms with Crippen LogP contribution in [0.2, 0.25) is 5.02 Å². The number of rotatable bonds is 0. The summed E-state index contributed by atoms with van der Waals surface area (Å²) >= 11 is 9.08. The van der Waals surface area contributed by atoms with E-state index in [1.54, 1.807) is 6.07 Å². The van der Waals surface area contributed by atoms with Gasteiger partial charge in [-0.25, -0.2) is 0 Å². The fraction of sp³-hybridized carbons (Fsp3) is 0.100. The molecule has 1 aromatic heterocycles. The first-order valence-corrected chi connectivity index (χ1v) is 5.24. The summed E-state index contributed by atoms with van der Waals surface area (Å²) in [4.78, 5) is 14.7. The van der Waals surface area contributed by atoms with Gasteiger partial charge in [0, 0.05) is 16.1 Å². The number of nitrogens with one attached hydrogen (secondary N) is 1. The van der Waals surface area contributed by atoms with E-state index in [1.165, 1.54) is 6.20 Å². The number of H-pyrrole nitrogens is 1. The molecule has 2 rings (SSSR count). The lowest BCUT2D eigenvalue weighted by molar-refractivity contribution is 1.34. The number of hydrogen-bond donors (Lipinski definition) is 1. The maximum absolute atomic E-state index is 11.7. The molecule has 0 radical (unpaired) electrons. The lowest BCUT2D eigenvalue weighted by Gasteiger charge is -2.02. The van der Waals surface area contributed by atoms with Crippen molar-refractivity contribution in [3.8, 4) is 0 Å². The number of aryl methyl sites for hydroxylation is 1. The van der Waals surface area contributed by atoms with E-state index in [9.17, 15) is 4.79 Å². The molecule has 0 aliphatic heterocycles. The molecule has 0 atom stereocenters. The molecule has 1 heterocycles. The van der Waals surface area contributed by atoms with E-state index in [0.717, 1.165) is 15.6 Å². The average Bonchev–Trinajstić information content (AvgIpc) is 2.12. The third-order valence-electron chi connectivity index (χ3n) is 2.11. The minimum absolute atomic E-state index is 0.134. The van der Waals surface area contributed by atoms with E-state index in [0.29, 0.717) is 5.39 Å². The molecule has 2 aromatic rings. The average molecular weight is 273 g/mol. The molecule has 0 saturated carbocycles. The molecule has 0 aliphatic rings. The van der Waals surface area contributed by atoms with Crippen molar-refractivity contribution < 1.29 is 0 Å². The molecule has 2 nitrogen and oxygen atoms in total. The van der Waals surface area contributed by atoms with Crippen LogP contribution in [0.3, 0.4) is 0 Å². The number of aromatic amines is 1. The molecule has 0 bridgehead atoms. The molecule has 4 heteroatoms. The monoisotopic (exact) mass is 271 g/mol. The Morgan fingerprint density at radius 2 is 2.14 bits per heavy atom. The van der Waals surface area contributed by atoms with Crippen molar-refractivity contribution in [2.45, 2.75) is 6.92 Å². The summed E-state index contributed by atoms with van der Waals surface area (Å²) in [6.07, 6.45) is 1.52. The van der Waals surface area contributed by atoms with Crippen LogP contribution in [0.5, 0.6) is 0 Å². The summed E-state index contributed by atoms with van der Waals surface area (Å²) < 4.78 is 0.885. The Morgan fingerprint density at radius 1 is 1.43 bits per heavy atom. The molecule has 1 N–H and O–H groups in total. The molecule has 14 heavy (non-hydrogen) atoms. The number of fused-ring (bicyclic) bond motifs is 1. The lowest BCUT2D eigenvalue weighted by Crippen LogP contribution is -2.03. The third kappa shape index (κ3) is 1.47. The van der Waals surface area contributed by atoms with Gasteiger partial charge in [0.2, 0.25) is 5.43 Å². The summed E-state index contributed by atoms with van der Waals surface area (Å²) in [6.45, 7) is 1.94. The molecule has 0 spiro atoms. The number of pyridine rings is 1. The molecule has 0 amide bonds. The summed E-state index contributed by atoms with van der Waals surface area (Å²) in [6, 6.07) is 3.72. The highest BCUT2D eigenvalue weighted by atomic mass is 79.9. The Kier molecular flexibility index (Phi) is 2.37.